The van der Waals surface area contributed by atoms with E-state index in [9.17, 15) is 4.79 Å². The second-order valence-electron chi connectivity index (χ2n) is 9.29. The van der Waals surface area contributed by atoms with Crippen LogP contribution in [-0.2, 0) is 6.42 Å². The van der Waals surface area contributed by atoms with Gasteiger partial charge in [-0.1, -0.05) is 29.8 Å². The number of anilines is 1. The number of hydrogen-bond donors (Lipinski definition) is 1. The van der Waals surface area contributed by atoms with E-state index in [0.717, 1.165) is 68.3 Å². The fourth-order valence-corrected chi connectivity index (χ4v) is 4.95. The second kappa shape index (κ2) is 10.6. The first kappa shape index (κ1) is 22.9. The van der Waals surface area contributed by atoms with E-state index in [4.69, 9.17) is 16.3 Å². The molecule has 2 heterocycles. The van der Waals surface area contributed by atoms with Crippen molar-refractivity contribution in [3.05, 3.63) is 59.1 Å². The number of rotatable bonds is 7. The Bertz CT molecular complexity index is 897. The Kier molecular flexibility index (Phi) is 7.59. The van der Waals surface area contributed by atoms with Gasteiger partial charge in [0.1, 0.15) is 5.75 Å². The van der Waals surface area contributed by atoms with E-state index >= 15 is 0 Å². The van der Waals surface area contributed by atoms with Gasteiger partial charge in [0.25, 0.3) is 0 Å². The third-order valence-corrected chi connectivity index (χ3v) is 6.79. The van der Waals surface area contributed by atoms with Crippen molar-refractivity contribution in [2.24, 2.45) is 5.92 Å². The second-order valence-corrected chi connectivity index (χ2v) is 9.70. The van der Waals surface area contributed by atoms with Gasteiger partial charge in [-0.2, -0.15) is 0 Å². The minimum atomic E-state index is 0.0143. The summed E-state index contributed by atoms with van der Waals surface area (Å²) in [6.07, 6.45) is 4.44. The van der Waals surface area contributed by atoms with Crippen molar-refractivity contribution in [3.63, 3.8) is 0 Å². The van der Waals surface area contributed by atoms with Crippen LogP contribution in [0.4, 0.5) is 10.5 Å². The van der Waals surface area contributed by atoms with Crippen molar-refractivity contribution in [3.8, 4) is 5.75 Å². The molecule has 4 rings (SSSR count). The molecule has 0 spiro atoms. The van der Waals surface area contributed by atoms with Gasteiger partial charge < -0.3 is 15.0 Å². The summed E-state index contributed by atoms with van der Waals surface area (Å²) in [5, 5.41) is 4.04. The molecule has 32 heavy (non-hydrogen) atoms. The van der Waals surface area contributed by atoms with Crippen LogP contribution in [0.5, 0.6) is 5.75 Å². The van der Waals surface area contributed by atoms with Crippen LogP contribution in [0.15, 0.2) is 48.5 Å². The van der Waals surface area contributed by atoms with E-state index in [-0.39, 0.29) is 18.2 Å². The van der Waals surface area contributed by atoms with Crippen LogP contribution < -0.4 is 15.0 Å². The van der Waals surface area contributed by atoms with Gasteiger partial charge in [0.2, 0.25) is 0 Å². The largest absolute Gasteiger partial charge is 0.491 e. The van der Waals surface area contributed by atoms with Crippen LogP contribution in [0.25, 0.3) is 0 Å². The number of piperidine rings is 1. The number of nitrogens with one attached hydrogen (secondary N) is 1. The maximum atomic E-state index is 12.6. The average Bonchev–Trinajstić information content (AvgIpc) is 2.78. The Morgan fingerprint density at radius 2 is 1.81 bits per heavy atom. The Morgan fingerprint density at radius 1 is 1.06 bits per heavy atom. The van der Waals surface area contributed by atoms with Crippen LogP contribution in [0.1, 0.15) is 38.7 Å². The molecule has 2 aromatic carbocycles. The van der Waals surface area contributed by atoms with Crippen molar-refractivity contribution in [2.45, 2.75) is 51.7 Å². The number of carbonyl (C=O) groups is 1. The minimum Gasteiger partial charge on any atom is -0.491 e. The molecule has 0 bridgehead atoms. The molecule has 1 unspecified atom stereocenters. The predicted molar refractivity (Wildman–Crippen MR) is 131 cm³/mol. The SMILES string of the molecule is CC(C)Oc1ccc(Cl)c(CC2CCN(CC3CCN(c4ccccc4)C(=O)N3)CC2)c1. The first-order valence-corrected chi connectivity index (χ1v) is 12.2. The number of carbonyl (C=O) groups excluding carboxylic acids is 1. The highest BCUT2D eigenvalue weighted by molar-refractivity contribution is 6.31. The van der Waals surface area contributed by atoms with Crippen molar-refractivity contribution in [1.82, 2.24) is 10.2 Å². The smallest absolute Gasteiger partial charge is 0.322 e. The number of hydrogen-bond acceptors (Lipinski definition) is 3. The molecule has 172 valence electrons. The minimum absolute atomic E-state index is 0.0143. The standard InChI is InChI=1S/C26H34ClN3O2/c1-19(2)32-24-8-9-25(27)21(17-24)16-20-10-13-29(14-11-20)18-22-12-15-30(26(31)28-22)23-6-4-3-5-7-23/h3-9,17,19-20,22H,10-16,18H2,1-2H3,(H,28,31). The molecule has 0 aliphatic carbocycles. The molecule has 2 aromatic rings. The maximum Gasteiger partial charge on any atom is 0.322 e. The van der Waals surface area contributed by atoms with Crippen molar-refractivity contribution < 1.29 is 9.53 Å². The summed E-state index contributed by atoms with van der Waals surface area (Å²) < 4.78 is 5.84. The number of ether oxygens (including phenoxy) is 1. The highest BCUT2D eigenvalue weighted by atomic mass is 35.5. The zero-order valence-electron chi connectivity index (χ0n) is 19.1. The highest BCUT2D eigenvalue weighted by Crippen LogP contribution is 2.29. The van der Waals surface area contributed by atoms with E-state index in [1.165, 1.54) is 5.56 Å². The third kappa shape index (κ3) is 5.96. The number of likely N-dealkylation sites (tertiary alicyclic amines) is 1. The van der Waals surface area contributed by atoms with Gasteiger partial charge in [-0.3, -0.25) is 4.90 Å². The lowest BCUT2D eigenvalue weighted by molar-refractivity contribution is 0.162. The third-order valence-electron chi connectivity index (χ3n) is 6.43. The van der Waals surface area contributed by atoms with Gasteiger partial charge in [0.15, 0.2) is 0 Å². The lowest BCUT2D eigenvalue weighted by Gasteiger charge is -2.38. The Labute approximate surface area is 196 Å². The van der Waals surface area contributed by atoms with Crippen molar-refractivity contribution in [2.75, 3.05) is 31.1 Å². The average molecular weight is 456 g/mol. The normalized spacial score (nSPS) is 20.4. The Hall–Kier alpha value is -2.24. The number of halogens is 1. The summed E-state index contributed by atoms with van der Waals surface area (Å²) >= 11 is 6.47. The van der Waals surface area contributed by atoms with Crippen molar-refractivity contribution in [1.29, 1.82) is 0 Å². The molecule has 2 amide bonds. The zero-order valence-corrected chi connectivity index (χ0v) is 19.9. The van der Waals surface area contributed by atoms with Gasteiger partial charge in [-0.15, -0.1) is 0 Å². The number of amides is 2. The predicted octanol–water partition coefficient (Wildman–Crippen LogP) is 5.37. The lowest BCUT2D eigenvalue weighted by Crippen LogP contribution is -2.56. The van der Waals surface area contributed by atoms with Crippen LogP contribution in [0.3, 0.4) is 0 Å². The molecular formula is C26H34ClN3O2. The van der Waals surface area contributed by atoms with Crippen LogP contribution in [0.2, 0.25) is 5.02 Å². The summed E-state index contributed by atoms with van der Waals surface area (Å²) in [6, 6.07) is 16.1. The molecule has 2 aliphatic rings. The molecule has 1 atom stereocenters. The van der Waals surface area contributed by atoms with Gasteiger partial charge >= 0.3 is 6.03 Å². The maximum absolute atomic E-state index is 12.6. The van der Waals surface area contributed by atoms with E-state index in [1.807, 2.05) is 61.2 Å². The van der Waals surface area contributed by atoms with Crippen molar-refractivity contribution >= 4 is 23.3 Å². The molecule has 2 saturated heterocycles. The molecule has 1 N–H and O–H groups in total. The number of para-hydroxylation sites is 1. The summed E-state index contributed by atoms with van der Waals surface area (Å²) in [7, 11) is 0. The van der Waals surface area contributed by atoms with Gasteiger partial charge in [0, 0.05) is 29.8 Å². The summed E-state index contributed by atoms with van der Waals surface area (Å²) in [5.41, 5.74) is 2.15. The van der Waals surface area contributed by atoms with Crippen LogP contribution in [-0.4, -0.2) is 49.3 Å². The van der Waals surface area contributed by atoms with Crippen LogP contribution >= 0.6 is 11.6 Å². The molecule has 6 heteroatoms. The molecule has 0 aromatic heterocycles. The fraction of sp³-hybridized carbons (Fsp3) is 0.500. The summed E-state index contributed by atoms with van der Waals surface area (Å²) in [6.45, 7) is 7.91. The number of nitrogens with zero attached hydrogens (tertiary/aromatic N) is 2. The topological polar surface area (TPSA) is 44.8 Å². The highest BCUT2D eigenvalue weighted by Gasteiger charge is 2.28. The van der Waals surface area contributed by atoms with Gasteiger partial charge in [0.05, 0.1) is 6.10 Å². The molecule has 5 nitrogen and oxygen atoms in total. The Morgan fingerprint density at radius 3 is 2.50 bits per heavy atom. The molecule has 0 saturated carbocycles. The molecular weight excluding hydrogens is 422 g/mol. The molecule has 2 fully saturated rings. The van der Waals surface area contributed by atoms with E-state index < -0.39 is 0 Å². The first-order chi connectivity index (χ1) is 15.5. The van der Waals surface area contributed by atoms with E-state index in [2.05, 4.69) is 16.3 Å². The van der Waals surface area contributed by atoms with Gasteiger partial charge in [-0.05, 0) is 94.4 Å². The van der Waals surface area contributed by atoms with E-state index in [1.54, 1.807) is 0 Å². The molecule has 0 radical (unpaired) electrons. The lowest BCUT2D eigenvalue weighted by atomic mass is 9.89. The Balaban J connectivity index is 1.24. The monoisotopic (exact) mass is 455 g/mol. The quantitative estimate of drug-likeness (QED) is 0.610. The van der Waals surface area contributed by atoms with Gasteiger partial charge in [-0.25, -0.2) is 4.79 Å². The summed E-state index contributed by atoms with van der Waals surface area (Å²) in [5.74, 6) is 1.53. The number of urea groups is 1. The summed E-state index contributed by atoms with van der Waals surface area (Å²) in [4.78, 5) is 16.9. The van der Waals surface area contributed by atoms with Crippen LogP contribution in [0, 0.1) is 5.92 Å². The fourth-order valence-electron chi connectivity index (χ4n) is 4.75. The molecule has 2 aliphatic heterocycles. The number of benzene rings is 2. The zero-order chi connectivity index (χ0) is 22.5. The van der Waals surface area contributed by atoms with E-state index in [0.29, 0.717) is 5.92 Å². The first-order valence-electron chi connectivity index (χ1n) is 11.8.